The molecule has 5 heteroatoms. The van der Waals surface area contributed by atoms with E-state index in [1.807, 2.05) is 30.3 Å². The molecule has 0 spiro atoms. The van der Waals surface area contributed by atoms with Gasteiger partial charge >= 0.3 is 0 Å². The third-order valence-electron chi connectivity index (χ3n) is 3.01. The zero-order chi connectivity index (χ0) is 12.5. The van der Waals surface area contributed by atoms with E-state index in [0.29, 0.717) is 10.9 Å². The lowest BCUT2D eigenvalue weighted by molar-refractivity contribution is 0.662. The van der Waals surface area contributed by atoms with Crippen LogP contribution in [-0.4, -0.2) is 35.4 Å². The average molecular weight is 278 g/mol. The topological polar surface area (TPSA) is 28.0 Å². The quantitative estimate of drug-likeness (QED) is 0.653. The number of hydrogen-bond donors (Lipinski definition) is 1. The highest BCUT2D eigenvalue weighted by Gasteiger charge is 2.30. The number of fused-ring (bicyclic) bond motifs is 1. The molecule has 3 rings (SSSR count). The lowest BCUT2D eigenvalue weighted by Gasteiger charge is -2.27. The molecule has 18 heavy (non-hydrogen) atoms. The molecule has 3 nitrogen and oxygen atoms in total. The highest BCUT2D eigenvalue weighted by molar-refractivity contribution is 7.81. The first-order chi connectivity index (χ1) is 8.81. The van der Waals surface area contributed by atoms with Crippen molar-refractivity contribution in [1.29, 1.82) is 0 Å². The minimum Gasteiger partial charge on any atom is -0.312 e. The number of nitrogens with zero attached hydrogens (tertiary/aromatic N) is 3. The molecule has 0 saturated heterocycles. The van der Waals surface area contributed by atoms with Crippen molar-refractivity contribution in [3.05, 3.63) is 41.1 Å². The second-order valence-electron chi connectivity index (χ2n) is 4.07. The molecule has 0 fully saturated rings. The fourth-order valence-corrected chi connectivity index (χ4v) is 2.74. The summed E-state index contributed by atoms with van der Waals surface area (Å²) in [4.78, 5) is 11.1. The van der Waals surface area contributed by atoms with Gasteiger partial charge in [-0.3, -0.25) is 4.99 Å². The molecule has 0 bridgehead atoms. The van der Waals surface area contributed by atoms with Crippen molar-refractivity contribution in [2.24, 2.45) is 9.98 Å². The van der Waals surface area contributed by atoms with Crippen LogP contribution < -0.4 is 0 Å². The summed E-state index contributed by atoms with van der Waals surface area (Å²) in [5.74, 6) is 2.36. The molecule has 0 atom stereocenters. The molecule has 2 heterocycles. The number of thiol groups is 1. The Kier molecular flexibility index (Phi) is 3.14. The van der Waals surface area contributed by atoms with Crippen molar-refractivity contribution < 1.29 is 0 Å². The second kappa shape index (κ2) is 4.78. The number of halogens is 1. The Bertz CT molecular complexity index is 563. The van der Waals surface area contributed by atoms with Crippen molar-refractivity contribution >= 4 is 41.5 Å². The molecule has 0 aliphatic carbocycles. The number of benzene rings is 1. The van der Waals surface area contributed by atoms with E-state index in [1.54, 1.807) is 0 Å². The monoisotopic (exact) mass is 277 g/mol. The van der Waals surface area contributed by atoms with Crippen LogP contribution in [0, 0.1) is 0 Å². The van der Waals surface area contributed by atoms with Crippen LogP contribution in [0.2, 0.25) is 0 Å². The molecule has 0 amide bonds. The molecule has 1 aromatic rings. The Morgan fingerprint density at radius 1 is 1.28 bits per heavy atom. The number of hydrogen-bond acceptors (Lipinski definition) is 4. The molecule has 1 aromatic carbocycles. The van der Waals surface area contributed by atoms with Gasteiger partial charge < -0.3 is 4.90 Å². The summed E-state index contributed by atoms with van der Waals surface area (Å²) < 4.78 is 0. The third kappa shape index (κ3) is 1.85. The summed E-state index contributed by atoms with van der Waals surface area (Å²) in [6, 6.07) is 10.0. The molecule has 0 aromatic heterocycles. The van der Waals surface area contributed by atoms with Gasteiger partial charge in [-0.05, 0) is 5.56 Å². The lowest BCUT2D eigenvalue weighted by atomic mass is 10.0. The lowest BCUT2D eigenvalue weighted by Crippen LogP contribution is -2.38. The van der Waals surface area contributed by atoms with Crippen LogP contribution in [0.4, 0.5) is 0 Å². The van der Waals surface area contributed by atoms with E-state index in [4.69, 9.17) is 11.6 Å². The zero-order valence-electron chi connectivity index (χ0n) is 9.67. The van der Waals surface area contributed by atoms with Crippen LogP contribution in [0.1, 0.15) is 5.56 Å². The molecule has 0 radical (unpaired) electrons. The first-order valence-corrected chi connectivity index (χ1v) is 6.78. The van der Waals surface area contributed by atoms with Crippen molar-refractivity contribution in [1.82, 2.24) is 4.90 Å². The number of aliphatic imine (C=N–C) groups is 2. The fourth-order valence-electron chi connectivity index (χ4n) is 2.21. The molecule has 0 N–H and O–H groups in total. The van der Waals surface area contributed by atoms with Crippen molar-refractivity contribution in [2.75, 3.05) is 18.8 Å². The number of amidine groups is 2. The third-order valence-corrected chi connectivity index (χ3v) is 3.57. The number of rotatable bonds is 2. The maximum atomic E-state index is 6.31. The van der Waals surface area contributed by atoms with Crippen LogP contribution in [-0.2, 0) is 0 Å². The Labute approximate surface area is 116 Å². The maximum Gasteiger partial charge on any atom is 0.142 e. The van der Waals surface area contributed by atoms with E-state index in [1.165, 1.54) is 0 Å². The second-order valence-corrected chi connectivity index (χ2v) is 4.75. The molecule has 2 aliphatic heterocycles. The Morgan fingerprint density at radius 3 is 2.78 bits per heavy atom. The predicted octanol–water partition coefficient (Wildman–Crippen LogP) is 2.65. The first-order valence-electron chi connectivity index (χ1n) is 5.77. The van der Waals surface area contributed by atoms with Gasteiger partial charge in [0.15, 0.2) is 0 Å². The highest BCUT2D eigenvalue weighted by atomic mass is 35.5. The van der Waals surface area contributed by atoms with Crippen LogP contribution in [0.15, 0.2) is 45.5 Å². The molecule has 0 unspecified atom stereocenters. The van der Waals surface area contributed by atoms with Gasteiger partial charge in [0.05, 0.1) is 12.1 Å². The Balaban J connectivity index is 2.15. The Hall–Kier alpha value is -1.26. The van der Waals surface area contributed by atoms with E-state index in [2.05, 4.69) is 27.5 Å². The average Bonchev–Trinajstić information content (AvgIpc) is 2.87. The van der Waals surface area contributed by atoms with Crippen molar-refractivity contribution in [3.8, 4) is 0 Å². The molecule has 0 saturated carbocycles. The van der Waals surface area contributed by atoms with Gasteiger partial charge in [0.1, 0.15) is 16.8 Å². The van der Waals surface area contributed by atoms with Crippen LogP contribution in [0.5, 0.6) is 0 Å². The van der Waals surface area contributed by atoms with Gasteiger partial charge in [-0.1, -0.05) is 41.9 Å². The van der Waals surface area contributed by atoms with E-state index >= 15 is 0 Å². The molecular weight excluding hydrogens is 266 g/mol. The van der Waals surface area contributed by atoms with E-state index in [0.717, 1.165) is 35.9 Å². The van der Waals surface area contributed by atoms with Gasteiger partial charge in [-0.15, -0.1) is 0 Å². The SMILES string of the molecule is SCC1=NC(Cl)=C(c2ccccc2)C2=NCCN12. The smallest absolute Gasteiger partial charge is 0.142 e. The van der Waals surface area contributed by atoms with E-state index in [-0.39, 0.29) is 0 Å². The first kappa shape index (κ1) is 11.8. The summed E-state index contributed by atoms with van der Waals surface area (Å²) >= 11 is 10.6. The molecular formula is C13H12ClN3S. The van der Waals surface area contributed by atoms with Crippen molar-refractivity contribution in [3.63, 3.8) is 0 Å². The normalized spacial score (nSPS) is 18.7. The molecule has 2 aliphatic rings. The summed E-state index contributed by atoms with van der Waals surface area (Å²) in [7, 11) is 0. The fraction of sp³-hybridized carbons (Fsp3) is 0.231. The maximum absolute atomic E-state index is 6.31. The van der Waals surface area contributed by atoms with Crippen molar-refractivity contribution in [2.45, 2.75) is 0 Å². The van der Waals surface area contributed by atoms with E-state index in [9.17, 15) is 0 Å². The van der Waals surface area contributed by atoms with Crippen LogP contribution in [0.3, 0.4) is 0 Å². The van der Waals surface area contributed by atoms with E-state index < -0.39 is 0 Å². The molecule has 92 valence electrons. The minimum absolute atomic E-state index is 0.502. The zero-order valence-corrected chi connectivity index (χ0v) is 11.3. The standard InChI is InChI=1S/C13H12ClN3S/c14-12-11(9-4-2-1-3-5-9)13-15-6-7-17(13)10(8-18)16-12/h1-5,18H,6-8H2. The van der Waals surface area contributed by atoms with Gasteiger partial charge in [-0.2, -0.15) is 12.6 Å². The summed E-state index contributed by atoms with van der Waals surface area (Å²) in [6.07, 6.45) is 0. The Morgan fingerprint density at radius 2 is 2.06 bits per heavy atom. The summed E-state index contributed by atoms with van der Waals surface area (Å²) in [6.45, 7) is 1.64. The van der Waals surface area contributed by atoms with Gasteiger partial charge in [0.25, 0.3) is 0 Å². The largest absolute Gasteiger partial charge is 0.312 e. The summed E-state index contributed by atoms with van der Waals surface area (Å²) in [5, 5.41) is 0.502. The summed E-state index contributed by atoms with van der Waals surface area (Å²) in [5.41, 5.74) is 1.97. The van der Waals surface area contributed by atoms with Gasteiger partial charge in [-0.25, -0.2) is 4.99 Å². The predicted molar refractivity (Wildman–Crippen MR) is 79.5 cm³/mol. The van der Waals surface area contributed by atoms with Gasteiger partial charge in [0, 0.05) is 12.3 Å². The van der Waals surface area contributed by atoms with Crippen LogP contribution in [0.25, 0.3) is 5.57 Å². The highest BCUT2D eigenvalue weighted by Crippen LogP contribution is 2.31. The minimum atomic E-state index is 0.502. The van der Waals surface area contributed by atoms with Gasteiger partial charge in [0.2, 0.25) is 0 Å². The van der Waals surface area contributed by atoms with Crippen LogP contribution >= 0.6 is 24.2 Å².